The highest BCUT2D eigenvalue weighted by atomic mass is 19.1. The Kier molecular flexibility index (Phi) is 3.29. The Morgan fingerprint density at radius 2 is 1.67 bits per heavy atom. The Hall–Kier alpha value is -2.34. The van der Waals surface area contributed by atoms with Crippen LogP contribution in [-0.4, -0.2) is 0 Å². The first-order valence-electron chi connectivity index (χ1n) is 5.65. The fourth-order valence-electron chi connectivity index (χ4n) is 1.89. The van der Waals surface area contributed by atoms with Gasteiger partial charge in [0, 0.05) is 5.69 Å². The molecule has 2 rings (SSSR count). The second-order valence-electron chi connectivity index (χ2n) is 4.17. The number of nitrogens with one attached hydrogen (secondary N) is 1. The minimum atomic E-state index is -0.506. The molecule has 2 aromatic rings. The number of nitrogens with zero attached hydrogens (tertiary/aromatic N) is 1. The molecule has 0 spiro atoms. The van der Waals surface area contributed by atoms with Gasteiger partial charge in [0.05, 0.1) is 5.69 Å². The van der Waals surface area contributed by atoms with Crippen LogP contribution in [0.4, 0.5) is 15.8 Å². The van der Waals surface area contributed by atoms with E-state index < -0.39 is 5.82 Å². The third kappa shape index (κ3) is 2.18. The molecular formula is C15H13FN2. The summed E-state index contributed by atoms with van der Waals surface area (Å²) in [5.41, 5.74) is 3.57. The number of halogens is 1. The zero-order valence-electron chi connectivity index (χ0n) is 10.3. The van der Waals surface area contributed by atoms with Crippen molar-refractivity contribution in [1.82, 2.24) is 0 Å². The van der Waals surface area contributed by atoms with Crippen molar-refractivity contribution >= 4 is 11.4 Å². The molecule has 2 aromatic carbocycles. The molecule has 0 unspecified atom stereocenters. The molecule has 1 N–H and O–H groups in total. The van der Waals surface area contributed by atoms with Gasteiger partial charge in [-0.05, 0) is 37.1 Å². The van der Waals surface area contributed by atoms with Crippen LogP contribution in [-0.2, 0) is 0 Å². The Balaban J connectivity index is 2.48. The highest BCUT2D eigenvalue weighted by Crippen LogP contribution is 2.27. The summed E-state index contributed by atoms with van der Waals surface area (Å²) in [7, 11) is 0. The monoisotopic (exact) mass is 240 g/mol. The predicted molar refractivity (Wildman–Crippen MR) is 70.3 cm³/mol. The molecule has 2 nitrogen and oxygen atoms in total. The Morgan fingerprint density at radius 1 is 1.06 bits per heavy atom. The molecule has 0 aliphatic carbocycles. The topological polar surface area (TPSA) is 35.8 Å². The van der Waals surface area contributed by atoms with Crippen molar-refractivity contribution in [3.05, 3.63) is 58.9 Å². The lowest BCUT2D eigenvalue weighted by atomic mass is 10.1. The van der Waals surface area contributed by atoms with Crippen molar-refractivity contribution in [2.75, 3.05) is 5.32 Å². The van der Waals surface area contributed by atoms with Crippen LogP contribution in [0.15, 0.2) is 36.4 Å². The van der Waals surface area contributed by atoms with E-state index in [4.69, 9.17) is 5.26 Å². The summed E-state index contributed by atoms with van der Waals surface area (Å²) in [6, 6.07) is 12.4. The largest absolute Gasteiger partial charge is 0.354 e. The minimum Gasteiger partial charge on any atom is -0.354 e. The highest BCUT2D eigenvalue weighted by molar-refractivity contribution is 5.70. The SMILES string of the molecule is Cc1cccc(C)c1Nc1cccc(F)c1C#N. The van der Waals surface area contributed by atoms with Gasteiger partial charge in [-0.1, -0.05) is 24.3 Å². The van der Waals surface area contributed by atoms with Gasteiger partial charge in [0.2, 0.25) is 0 Å². The molecule has 0 aromatic heterocycles. The van der Waals surface area contributed by atoms with Crippen LogP contribution < -0.4 is 5.32 Å². The molecule has 90 valence electrons. The van der Waals surface area contributed by atoms with Gasteiger partial charge < -0.3 is 5.32 Å². The smallest absolute Gasteiger partial charge is 0.143 e. The maximum atomic E-state index is 13.5. The van der Waals surface area contributed by atoms with Crippen LogP contribution in [0.5, 0.6) is 0 Å². The first-order chi connectivity index (χ1) is 8.63. The molecule has 0 aliphatic heterocycles. The van der Waals surface area contributed by atoms with Crippen molar-refractivity contribution in [1.29, 1.82) is 5.26 Å². The molecule has 0 saturated heterocycles. The van der Waals surface area contributed by atoms with Crippen LogP contribution >= 0.6 is 0 Å². The Labute approximate surface area is 106 Å². The van der Waals surface area contributed by atoms with E-state index in [1.807, 2.05) is 38.1 Å². The van der Waals surface area contributed by atoms with E-state index in [0.717, 1.165) is 16.8 Å². The van der Waals surface area contributed by atoms with E-state index in [1.54, 1.807) is 12.1 Å². The van der Waals surface area contributed by atoms with Gasteiger partial charge in [-0.2, -0.15) is 5.26 Å². The number of anilines is 2. The van der Waals surface area contributed by atoms with Gasteiger partial charge in [0.25, 0.3) is 0 Å². The van der Waals surface area contributed by atoms with Gasteiger partial charge >= 0.3 is 0 Å². The summed E-state index contributed by atoms with van der Waals surface area (Å²) in [4.78, 5) is 0. The van der Waals surface area contributed by atoms with Crippen molar-refractivity contribution in [2.45, 2.75) is 13.8 Å². The highest BCUT2D eigenvalue weighted by Gasteiger charge is 2.09. The maximum Gasteiger partial charge on any atom is 0.143 e. The van der Waals surface area contributed by atoms with Crippen LogP contribution in [0.2, 0.25) is 0 Å². The summed E-state index contributed by atoms with van der Waals surface area (Å²) in [5.74, 6) is -0.506. The second kappa shape index (κ2) is 4.89. The molecule has 18 heavy (non-hydrogen) atoms. The average Bonchev–Trinajstić information content (AvgIpc) is 2.34. The number of hydrogen-bond acceptors (Lipinski definition) is 2. The van der Waals surface area contributed by atoms with Crippen molar-refractivity contribution in [2.24, 2.45) is 0 Å². The molecule has 0 saturated carbocycles. The molecule has 0 heterocycles. The summed E-state index contributed by atoms with van der Waals surface area (Å²) >= 11 is 0. The van der Waals surface area contributed by atoms with Crippen LogP contribution in [0.25, 0.3) is 0 Å². The first-order valence-corrected chi connectivity index (χ1v) is 5.65. The Bertz CT molecular complexity index is 607. The summed E-state index contributed by atoms with van der Waals surface area (Å²) in [5, 5.41) is 12.1. The van der Waals surface area contributed by atoms with Gasteiger partial charge in [-0.25, -0.2) is 4.39 Å². The zero-order valence-corrected chi connectivity index (χ0v) is 10.3. The molecule has 0 amide bonds. The summed E-state index contributed by atoms with van der Waals surface area (Å²) in [6.07, 6.45) is 0. The van der Waals surface area contributed by atoms with Gasteiger partial charge in [0.15, 0.2) is 0 Å². The van der Waals surface area contributed by atoms with Crippen molar-refractivity contribution < 1.29 is 4.39 Å². The molecule has 0 radical (unpaired) electrons. The van der Waals surface area contributed by atoms with Gasteiger partial charge in [-0.15, -0.1) is 0 Å². The van der Waals surface area contributed by atoms with Crippen LogP contribution in [0.3, 0.4) is 0 Å². The number of aryl methyl sites for hydroxylation is 2. The fraction of sp³-hybridized carbons (Fsp3) is 0.133. The quantitative estimate of drug-likeness (QED) is 0.859. The van der Waals surface area contributed by atoms with Crippen molar-refractivity contribution in [3.8, 4) is 6.07 Å². The third-order valence-electron chi connectivity index (χ3n) is 2.87. The molecular weight excluding hydrogens is 227 g/mol. The number of hydrogen-bond donors (Lipinski definition) is 1. The lowest BCUT2D eigenvalue weighted by Crippen LogP contribution is -1.99. The molecule has 0 bridgehead atoms. The lowest BCUT2D eigenvalue weighted by Gasteiger charge is -2.13. The molecule has 0 fully saturated rings. The maximum absolute atomic E-state index is 13.5. The van der Waals surface area contributed by atoms with Gasteiger partial charge in [-0.3, -0.25) is 0 Å². The van der Waals surface area contributed by atoms with E-state index in [0.29, 0.717) is 5.69 Å². The summed E-state index contributed by atoms with van der Waals surface area (Å²) in [6.45, 7) is 3.95. The molecule has 3 heteroatoms. The van der Waals surface area contributed by atoms with E-state index in [9.17, 15) is 4.39 Å². The lowest BCUT2D eigenvalue weighted by molar-refractivity contribution is 0.624. The van der Waals surface area contributed by atoms with E-state index in [-0.39, 0.29) is 5.56 Å². The first kappa shape index (κ1) is 12.1. The Morgan fingerprint density at radius 3 is 2.28 bits per heavy atom. The number of rotatable bonds is 2. The zero-order chi connectivity index (χ0) is 13.1. The van der Waals surface area contributed by atoms with Gasteiger partial charge in [0.1, 0.15) is 17.4 Å². The number of nitriles is 1. The number of para-hydroxylation sites is 1. The molecule has 0 aliphatic rings. The van der Waals surface area contributed by atoms with Crippen LogP contribution in [0.1, 0.15) is 16.7 Å². The fourth-order valence-corrected chi connectivity index (χ4v) is 1.89. The van der Waals surface area contributed by atoms with Crippen molar-refractivity contribution in [3.63, 3.8) is 0 Å². The number of benzene rings is 2. The standard InChI is InChI=1S/C15H13FN2/c1-10-5-3-6-11(2)15(10)18-14-8-4-7-13(16)12(14)9-17/h3-8,18H,1-2H3. The molecule has 0 atom stereocenters. The normalized spacial score (nSPS) is 9.89. The minimum absolute atomic E-state index is 0.0418. The van der Waals surface area contributed by atoms with E-state index in [2.05, 4.69) is 5.32 Å². The summed E-state index contributed by atoms with van der Waals surface area (Å²) < 4.78 is 13.5. The van der Waals surface area contributed by atoms with E-state index in [1.165, 1.54) is 6.07 Å². The average molecular weight is 240 g/mol. The third-order valence-corrected chi connectivity index (χ3v) is 2.87. The second-order valence-corrected chi connectivity index (χ2v) is 4.17. The predicted octanol–water partition coefficient (Wildman–Crippen LogP) is 4.06. The van der Waals surface area contributed by atoms with E-state index >= 15 is 0 Å². The van der Waals surface area contributed by atoms with Crippen LogP contribution in [0, 0.1) is 31.0 Å².